The lowest BCUT2D eigenvalue weighted by Crippen LogP contribution is -2.48. The predicted molar refractivity (Wildman–Crippen MR) is 126 cm³/mol. The second kappa shape index (κ2) is 8.32. The number of piperazine rings is 1. The molecule has 1 amide bonds. The third-order valence-corrected chi connectivity index (χ3v) is 6.73. The molecule has 1 aliphatic heterocycles. The highest BCUT2D eigenvalue weighted by atomic mass is 16.5. The minimum Gasteiger partial charge on any atom is -0.338 e. The molecule has 34 heavy (non-hydrogen) atoms. The highest BCUT2D eigenvalue weighted by Gasteiger charge is 2.31. The second-order valence-electron chi connectivity index (χ2n) is 9.22. The molecule has 2 aliphatic rings. The lowest BCUT2D eigenvalue weighted by atomic mass is 10.1. The molecule has 6 rings (SSSR count). The van der Waals surface area contributed by atoms with Crippen LogP contribution in [-0.4, -0.2) is 66.8 Å². The molecule has 9 heteroatoms. The predicted octanol–water partition coefficient (Wildman–Crippen LogP) is 3.16. The Morgan fingerprint density at radius 1 is 1.09 bits per heavy atom. The van der Waals surface area contributed by atoms with Crippen LogP contribution in [-0.2, 0) is 13.6 Å². The summed E-state index contributed by atoms with van der Waals surface area (Å²) in [7, 11) is 1.90. The fourth-order valence-corrected chi connectivity index (χ4v) is 4.72. The second-order valence-corrected chi connectivity index (χ2v) is 9.22. The Labute approximate surface area is 197 Å². The van der Waals surface area contributed by atoms with Crippen molar-refractivity contribution in [2.75, 3.05) is 26.2 Å². The van der Waals surface area contributed by atoms with E-state index in [1.807, 2.05) is 55.3 Å². The SMILES string of the molecule is Cc1nn(C)c2nc(C3CC3)cc(C(=O)N3CCN(Cc4nc(-c5ccccc5)no4)CC3)c12. The molecule has 2 fully saturated rings. The fraction of sp³-hybridized carbons (Fsp3) is 0.400. The molecule has 0 atom stereocenters. The fourth-order valence-electron chi connectivity index (χ4n) is 4.72. The number of aromatic nitrogens is 5. The molecule has 0 N–H and O–H groups in total. The van der Waals surface area contributed by atoms with Crippen molar-refractivity contribution >= 4 is 16.9 Å². The summed E-state index contributed by atoms with van der Waals surface area (Å²) in [5.74, 6) is 1.73. The van der Waals surface area contributed by atoms with Gasteiger partial charge in [0.05, 0.1) is 23.2 Å². The summed E-state index contributed by atoms with van der Waals surface area (Å²) in [5, 5.41) is 9.52. The van der Waals surface area contributed by atoms with Crippen molar-refractivity contribution in [2.45, 2.75) is 32.2 Å². The lowest BCUT2D eigenvalue weighted by Gasteiger charge is -2.34. The highest BCUT2D eigenvalue weighted by molar-refractivity contribution is 6.06. The van der Waals surface area contributed by atoms with Crippen LogP contribution in [0.25, 0.3) is 22.4 Å². The van der Waals surface area contributed by atoms with Crippen molar-refractivity contribution in [2.24, 2.45) is 7.05 Å². The van der Waals surface area contributed by atoms with Gasteiger partial charge in [0.15, 0.2) is 5.65 Å². The van der Waals surface area contributed by atoms with Gasteiger partial charge >= 0.3 is 0 Å². The van der Waals surface area contributed by atoms with E-state index >= 15 is 0 Å². The van der Waals surface area contributed by atoms with E-state index in [-0.39, 0.29) is 5.91 Å². The zero-order valence-electron chi connectivity index (χ0n) is 19.4. The van der Waals surface area contributed by atoms with E-state index in [1.165, 1.54) is 0 Å². The molecule has 0 spiro atoms. The quantitative estimate of drug-likeness (QED) is 0.454. The first-order valence-electron chi connectivity index (χ1n) is 11.8. The number of amides is 1. The Hall–Kier alpha value is -3.59. The molecule has 4 aromatic rings. The number of hydrogen-bond acceptors (Lipinski definition) is 7. The van der Waals surface area contributed by atoms with Gasteiger partial charge in [0, 0.05) is 50.4 Å². The zero-order chi connectivity index (χ0) is 23.2. The van der Waals surface area contributed by atoms with Gasteiger partial charge in [-0.1, -0.05) is 35.5 Å². The highest BCUT2D eigenvalue weighted by Crippen LogP contribution is 2.40. The molecule has 1 saturated carbocycles. The van der Waals surface area contributed by atoms with Gasteiger partial charge in [-0.25, -0.2) is 4.98 Å². The van der Waals surface area contributed by atoms with Crippen LogP contribution in [0.4, 0.5) is 0 Å². The van der Waals surface area contributed by atoms with Gasteiger partial charge in [-0.05, 0) is 25.8 Å². The van der Waals surface area contributed by atoms with Gasteiger partial charge in [0.1, 0.15) is 0 Å². The molecule has 1 aliphatic carbocycles. The number of rotatable bonds is 5. The summed E-state index contributed by atoms with van der Waals surface area (Å²) in [5.41, 5.74) is 4.33. The summed E-state index contributed by atoms with van der Waals surface area (Å²) >= 11 is 0. The van der Waals surface area contributed by atoms with Gasteiger partial charge in [-0.15, -0.1) is 0 Å². The largest absolute Gasteiger partial charge is 0.338 e. The summed E-state index contributed by atoms with van der Waals surface area (Å²) < 4.78 is 7.26. The molecule has 0 unspecified atom stereocenters. The van der Waals surface area contributed by atoms with Gasteiger partial charge < -0.3 is 9.42 Å². The number of hydrogen-bond donors (Lipinski definition) is 0. The molecular formula is C25H27N7O2. The summed E-state index contributed by atoms with van der Waals surface area (Å²) in [6, 6.07) is 11.8. The van der Waals surface area contributed by atoms with Crippen LogP contribution < -0.4 is 0 Å². The maximum absolute atomic E-state index is 13.6. The van der Waals surface area contributed by atoms with Crippen molar-refractivity contribution in [3.05, 3.63) is 59.2 Å². The van der Waals surface area contributed by atoms with Crippen molar-refractivity contribution in [1.29, 1.82) is 0 Å². The van der Waals surface area contributed by atoms with Crippen molar-refractivity contribution in [3.63, 3.8) is 0 Å². The van der Waals surface area contributed by atoms with E-state index in [2.05, 4.69) is 20.1 Å². The molecule has 1 saturated heterocycles. The van der Waals surface area contributed by atoms with Crippen molar-refractivity contribution < 1.29 is 9.32 Å². The molecule has 9 nitrogen and oxygen atoms in total. The van der Waals surface area contributed by atoms with Crippen LogP contribution in [0.3, 0.4) is 0 Å². The van der Waals surface area contributed by atoms with Gasteiger partial charge in [-0.3, -0.25) is 14.4 Å². The number of carbonyl (C=O) groups is 1. The van der Waals surface area contributed by atoms with Gasteiger partial charge in [0.2, 0.25) is 11.7 Å². The minimum atomic E-state index is 0.0641. The number of aryl methyl sites for hydroxylation is 2. The Kier molecular flexibility index (Phi) is 5.13. The van der Waals surface area contributed by atoms with Gasteiger partial charge in [-0.2, -0.15) is 10.1 Å². The zero-order valence-corrected chi connectivity index (χ0v) is 19.4. The Morgan fingerprint density at radius 3 is 2.59 bits per heavy atom. The molecule has 3 aromatic heterocycles. The molecule has 0 bridgehead atoms. The minimum absolute atomic E-state index is 0.0641. The number of pyridine rings is 1. The first kappa shape index (κ1) is 21.0. The smallest absolute Gasteiger partial charge is 0.254 e. The van der Waals surface area contributed by atoms with E-state index in [0.717, 1.165) is 59.5 Å². The van der Waals surface area contributed by atoms with E-state index < -0.39 is 0 Å². The third-order valence-electron chi connectivity index (χ3n) is 6.73. The average molecular weight is 458 g/mol. The molecule has 0 radical (unpaired) electrons. The first-order valence-corrected chi connectivity index (χ1v) is 11.8. The summed E-state index contributed by atoms with van der Waals surface area (Å²) in [6.45, 7) is 5.34. The number of fused-ring (bicyclic) bond motifs is 1. The van der Waals surface area contributed by atoms with Crippen LogP contribution in [0.15, 0.2) is 40.9 Å². The number of nitrogens with zero attached hydrogens (tertiary/aromatic N) is 7. The summed E-state index contributed by atoms with van der Waals surface area (Å²) in [6.07, 6.45) is 2.28. The van der Waals surface area contributed by atoms with Crippen molar-refractivity contribution in [1.82, 2.24) is 34.7 Å². The number of benzene rings is 1. The average Bonchev–Trinajstić information content (AvgIpc) is 3.55. The molecule has 4 heterocycles. The van der Waals surface area contributed by atoms with Crippen LogP contribution in [0.1, 0.15) is 46.4 Å². The normalized spacial score (nSPS) is 16.9. The van der Waals surface area contributed by atoms with Crippen LogP contribution in [0, 0.1) is 6.92 Å². The Bertz CT molecular complexity index is 1350. The maximum atomic E-state index is 13.6. The molecule has 1 aromatic carbocycles. The maximum Gasteiger partial charge on any atom is 0.254 e. The van der Waals surface area contributed by atoms with Crippen molar-refractivity contribution in [3.8, 4) is 11.4 Å². The Balaban J connectivity index is 1.16. The van der Waals surface area contributed by atoms with E-state index in [0.29, 0.717) is 37.3 Å². The Morgan fingerprint density at radius 2 is 1.85 bits per heavy atom. The third kappa shape index (κ3) is 3.86. The first-order chi connectivity index (χ1) is 16.6. The van der Waals surface area contributed by atoms with Crippen LogP contribution >= 0.6 is 0 Å². The van der Waals surface area contributed by atoms with E-state index in [1.54, 1.807) is 4.68 Å². The van der Waals surface area contributed by atoms with Gasteiger partial charge in [0.25, 0.3) is 5.91 Å². The molecule has 174 valence electrons. The molecular weight excluding hydrogens is 430 g/mol. The van der Waals surface area contributed by atoms with E-state index in [4.69, 9.17) is 9.51 Å². The monoisotopic (exact) mass is 457 g/mol. The lowest BCUT2D eigenvalue weighted by molar-refractivity contribution is 0.0616. The van der Waals surface area contributed by atoms with E-state index in [9.17, 15) is 4.79 Å². The number of carbonyl (C=O) groups excluding carboxylic acids is 1. The van der Waals surface area contributed by atoms with Crippen LogP contribution in [0.2, 0.25) is 0 Å². The summed E-state index contributed by atoms with van der Waals surface area (Å²) in [4.78, 5) is 27.2. The van der Waals surface area contributed by atoms with Crippen LogP contribution in [0.5, 0.6) is 0 Å². The standard InChI is InChI=1S/C25H27N7O2/c1-16-22-19(14-20(17-8-9-17)26-24(22)30(2)28-16)25(33)32-12-10-31(11-13-32)15-21-27-23(29-34-21)18-6-4-3-5-7-18/h3-7,14,17H,8-13,15H2,1-2H3. The topological polar surface area (TPSA) is 93.2 Å².